The Labute approximate surface area is 102 Å². The molecule has 0 aliphatic heterocycles. The van der Waals surface area contributed by atoms with Gasteiger partial charge in [0.25, 0.3) is 0 Å². The Hall–Kier alpha value is -1.53. The van der Waals surface area contributed by atoms with E-state index in [4.69, 9.17) is 11.6 Å². The predicted molar refractivity (Wildman–Crippen MR) is 60.8 cm³/mol. The van der Waals surface area contributed by atoms with Crippen LogP contribution < -0.4 is 5.32 Å². The van der Waals surface area contributed by atoms with Crippen LogP contribution in [0.3, 0.4) is 0 Å². The first-order valence-corrected chi connectivity index (χ1v) is 5.45. The molecule has 1 atom stereocenters. The molecule has 2 rings (SSSR count). The van der Waals surface area contributed by atoms with Crippen molar-refractivity contribution >= 4 is 11.6 Å². The molecule has 0 saturated carbocycles. The van der Waals surface area contributed by atoms with Gasteiger partial charge in [-0.05, 0) is 24.6 Å². The molecule has 0 aliphatic rings. The molecule has 2 aromatic rings. The number of tetrazole rings is 1. The molecule has 2 N–H and O–H groups in total. The Morgan fingerprint density at radius 1 is 1.53 bits per heavy atom. The number of aromatic amines is 1. The monoisotopic (exact) mass is 255 g/mol. The molecule has 0 bridgehead atoms. The summed E-state index contributed by atoms with van der Waals surface area (Å²) in [6.45, 7) is 2.38. The van der Waals surface area contributed by atoms with Crippen molar-refractivity contribution in [3.8, 4) is 0 Å². The van der Waals surface area contributed by atoms with E-state index < -0.39 is 5.82 Å². The molecule has 5 nitrogen and oxygen atoms in total. The van der Waals surface area contributed by atoms with Gasteiger partial charge in [-0.1, -0.05) is 22.9 Å². The van der Waals surface area contributed by atoms with Gasteiger partial charge >= 0.3 is 0 Å². The summed E-state index contributed by atoms with van der Waals surface area (Å²) in [5.74, 6) is 0.142. The van der Waals surface area contributed by atoms with Crippen molar-refractivity contribution in [3.05, 3.63) is 40.4 Å². The fraction of sp³-hybridized carbons (Fsp3) is 0.300. The molecule has 1 aromatic heterocycles. The third-order valence-corrected chi connectivity index (χ3v) is 2.71. The van der Waals surface area contributed by atoms with Crippen LogP contribution in [-0.4, -0.2) is 20.6 Å². The number of benzene rings is 1. The summed E-state index contributed by atoms with van der Waals surface area (Å²) in [7, 11) is 0. The lowest BCUT2D eigenvalue weighted by Crippen LogP contribution is -2.19. The van der Waals surface area contributed by atoms with Crippen LogP contribution in [0.1, 0.15) is 24.4 Å². The smallest absolute Gasteiger partial charge is 0.188 e. The number of H-pyrrole nitrogens is 1. The van der Waals surface area contributed by atoms with Gasteiger partial charge in [0.05, 0.1) is 11.6 Å². The number of hydrogen-bond donors (Lipinski definition) is 2. The maximum atomic E-state index is 13.3. The second kappa shape index (κ2) is 5.20. The second-order valence-corrected chi connectivity index (χ2v) is 4.01. The Bertz CT molecular complexity index is 487. The molecular weight excluding hydrogens is 245 g/mol. The van der Waals surface area contributed by atoms with Crippen LogP contribution in [0.25, 0.3) is 0 Å². The van der Waals surface area contributed by atoms with E-state index in [0.717, 1.165) is 5.56 Å². The zero-order chi connectivity index (χ0) is 12.3. The topological polar surface area (TPSA) is 66.5 Å². The van der Waals surface area contributed by atoms with Gasteiger partial charge < -0.3 is 5.32 Å². The van der Waals surface area contributed by atoms with Gasteiger partial charge in [-0.2, -0.15) is 5.21 Å². The number of hydrogen-bond acceptors (Lipinski definition) is 4. The highest BCUT2D eigenvalue weighted by Crippen LogP contribution is 2.20. The minimum atomic E-state index is -0.419. The summed E-state index contributed by atoms with van der Waals surface area (Å²) >= 11 is 5.62. The molecular formula is C10H11ClFN5. The third kappa shape index (κ3) is 2.98. The summed E-state index contributed by atoms with van der Waals surface area (Å²) in [5, 5.41) is 16.7. The molecule has 0 saturated heterocycles. The van der Waals surface area contributed by atoms with Crippen molar-refractivity contribution < 1.29 is 4.39 Å². The van der Waals surface area contributed by atoms with Crippen LogP contribution in [0.2, 0.25) is 5.02 Å². The number of aromatic nitrogens is 4. The van der Waals surface area contributed by atoms with E-state index in [1.165, 1.54) is 6.07 Å². The van der Waals surface area contributed by atoms with Crippen LogP contribution in [0.15, 0.2) is 18.2 Å². The minimum Gasteiger partial charge on any atom is -0.303 e. The molecule has 0 radical (unpaired) electrons. The molecule has 0 amide bonds. The van der Waals surface area contributed by atoms with Gasteiger partial charge in [0, 0.05) is 6.04 Å². The Morgan fingerprint density at radius 3 is 3.00 bits per heavy atom. The van der Waals surface area contributed by atoms with Crippen molar-refractivity contribution in [1.29, 1.82) is 0 Å². The van der Waals surface area contributed by atoms with Gasteiger partial charge in [-0.15, -0.1) is 10.2 Å². The highest BCUT2D eigenvalue weighted by atomic mass is 35.5. The van der Waals surface area contributed by atoms with Crippen molar-refractivity contribution in [2.45, 2.75) is 19.5 Å². The number of nitrogens with zero attached hydrogens (tertiary/aromatic N) is 3. The van der Waals surface area contributed by atoms with Gasteiger partial charge in [-0.3, -0.25) is 0 Å². The van der Waals surface area contributed by atoms with E-state index in [1.54, 1.807) is 12.1 Å². The van der Waals surface area contributed by atoms with E-state index in [-0.39, 0.29) is 11.1 Å². The lowest BCUT2D eigenvalue weighted by molar-refractivity contribution is 0.552. The lowest BCUT2D eigenvalue weighted by atomic mass is 10.1. The Kier molecular flexibility index (Phi) is 3.65. The maximum Gasteiger partial charge on any atom is 0.188 e. The largest absolute Gasteiger partial charge is 0.303 e. The summed E-state index contributed by atoms with van der Waals surface area (Å²) in [4.78, 5) is 0. The van der Waals surface area contributed by atoms with Crippen LogP contribution in [0, 0.1) is 5.82 Å². The van der Waals surface area contributed by atoms with Crippen LogP contribution in [0.5, 0.6) is 0 Å². The summed E-state index contributed by atoms with van der Waals surface area (Å²) in [5.41, 5.74) is 0.815. The highest BCUT2D eigenvalue weighted by molar-refractivity contribution is 6.30. The van der Waals surface area contributed by atoms with Gasteiger partial charge in [-0.25, -0.2) is 4.39 Å². The maximum absolute atomic E-state index is 13.3. The van der Waals surface area contributed by atoms with Crippen LogP contribution >= 0.6 is 11.6 Å². The molecule has 0 spiro atoms. The first-order chi connectivity index (χ1) is 8.16. The molecule has 17 heavy (non-hydrogen) atoms. The first-order valence-electron chi connectivity index (χ1n) is 5.07. The summed E-state index contributed by atoms with van der Waals surface area (Å²) < 4.78 is 13.3. The van der Waals surface area contributed by atoms with E-state index in [1.807, 2.05) is 6.92 Å². The zero-order valence-electron chi connectivity index (χ0n) is 9.11. The van der Waals surface area contributed by atoms with Gasteiger partial charge in [0.15, 0.2) is 5.82 Å². The number of halogens is 2. The normalized spacial score (nSPS) is 12.6. The molecule has 1 aromatic carbocycles. The fourth-order valence-electron chi connectivity index (χ4n) is 1.40. The lowest BCUT2D eigenvalue weighted by Gasteiger charge is -2.13. The predicted octanol–water partition coefficient (Wildman–Crippen LogP) is 1.84. The second-order valence-electron chi connectivity index (χ2n) is 3.60. The van der Waals surface area contributed by atoms with E-state index in [9.17, 15) is 4.39 Å². The molecule has 7 heteroatoms. The number of nitrogens with one attached hydrogen (secondary N) is 2. The first kappa shape index (κ1) is 11.9. The van der Waals surface area contributed by atoms with Crippen molar-refractivity contribution in [2.75, 3.05) is 0 Å². The molecule has 90 valence electrons. The van der Waals surface area contributed by atoms with Crippen molar-refractivity contribution in [3.63, 3.8) is 0 Å². The molecule has 1 unspecified atom stereocenters. The summed E-state index contributed by atoms with van der Waals surface area (Å²) in [6.07, 6.45) is 0. The quantitative estimate of drug-likeness (QED) is 0.875. The molecule has 0 aliphatic carbocycles. The number of rotatable bonds is 4. The zero-order valence-corrected chi connectivity index (χ0v) is 9.87. The Morgan fingerprint density at radius 2 is 2.35 bits per heavy atom. The third-order valence-electron chi connectivity index (χ3n) is 2.40. The average molecular weight is 256 g/mol. The fourth-order valence-corrected chi connectivity index (χ4v) is 1.52. The molecule has 1 heterocycles. The van der Waals surface area contributed by atoms with E-state index in [2.05, 4.69) is 25.9 Å². The summed E-state index contributed by atoms with van der Waals surface area (Å²) in [6, 6.07) is 4.70. The van der Waals surface area contributed by atoms with Crippen molar-refractivity contribution in [2.24, 2.45) is 0 Å². The molecule has 0 fully saturated rings. The van der Waals surface area contributed by atoms with Gasteiger partial charge in [0.1, 0.15) is 5.82 Å². The van der Waals surface area contributed by atoms with Gasteiger partial charge in [0.2, 0.25) is 0 Å². The SMILES string of the molecule is CC(NCc1nn[nH]n1)c1ccc(Cl)c(F)c1. The van der Waals surface area contributed by atoms with E-state index >= 15 is 0 Å². The van der Waals surface area contributed by atoms with Crippen molar-refractivity contribution in [1.82, 2.24) is 25.9 Å². The minimum absolute atomic E-state index is 0.0275. The van der Waals surface area contributed by atoms with Crippen LogP contribution in [0.4, 0.5) is 4.39 Å². The Balaban J connectivity index is 1.99. The van der Waals surface area contributed by atoms with E-state index in [0.29, 0.717) is 12.4 Å². The average Bonchev–Trinajstić information content (AvgIpc) is 2.82. The standard InChI is InChI=1S/C10H11ClFN5/c1-6(13-5-10-14-16-17-15-10)7-2-3-8(11)9(12)4-7/h2-4,6,13H,5H2,1H3,(H,14,15,16,17). The van der Waals surface area contributed by atoms with Crippen LogP contribution in [-0.2, 0) is 6.54 Å². The highest BCUT2D eigenvalue weighted by Gasteiger charge is 2.09.